The molecule has 13 heteroatoms. The van der Waals surface area contributed by atoms with Crippen LogP contribution in [0.4, 0.5) is 17.3 Å². The molecule has 0 saturated carbocycles. The smallest absolute Gasteiger partial charge is 0.313 e. The fourth-order valence-electron chi connectivity index (χ4n) is 4.15. The molecular formula is C22H29Cl2N7O3S. The number of nitrogen functional groups attached to an aromatic ring is 1. The van der Waals surface area contributed by atoms with E-state index in [0.29, 0.717) is 22.2 Å². The van der Waals surface area contributed by atoms with Crippen molar-refractivity contribution in [3.05, 3.63) is 29.4 Å². The van der Waals surface area contributed by atoms with E-state index in [4.69, 9.17) is 27.8 Å². The number of piperidine rings is 1. The average molecular weight is 542 g/mol. The van der Waals surface area contributed by atoms with Gasteiger partial charge in [-0.1, -0.05) is 29.4 Å². The van der Waals surface area contributed by atoms with E-state index in [0.717, 1.165) is 38.4 Å². The summed E-state index contributed by atoms with van der Waals surface area (Å²) in [6.45, 7) is 2.97. The summed E-state index contributed by atoms with van der Waals surface area (Å²) in [5.41, 5.74) is 12.9. The van der Waals surface area contributed by atoms with Crippen molar-refractivity contribution in [2.75, 3.05) is 56.3 Å². The molecule has 0 unspecified atom stereocenters. The second kappa shape index (κ2) is 11.2. The Morgan fingerprint density at radius 2 is 2.03 bits per heavy atom. The lowest BCUT2D eigenvalue weighted by Gasteiger charge is -2.41. The van der Waals surface area contributed by atoms with Crippen molar-refractivity contribution < 1.29 is 14.3 Å². The van der Waals surface area contributed by atoms with Crippen molar-refractivity contribution in [1.29, 1.82) is 0 Å². The highest BCUT2D eigenvalue weighted by atomic mass is 35.5. The lowest BCUT2D eigenvalue weighted by molar-refractivity contribution is -0.141. The zero-order valence-corrected chi connectivity index (χ0v) is 21.9. The molecule has 0 radical (unpaired) electrons. The first-order valence-corrected chi connectivity index (χ1v) is 12.1. The number of aromatic nitrogens is 2. The molecule has 1 atom stereocenters. The maximum absolute atomic E-state index is 12.1. The summed E-state index contributed by atoms with van der Waals surface area (Å²) in [4.78, 5) is 37.0. The minimum absolute atomic E-state index is 0. The van der Waals surface area contributed by atoms with Gasteiger partial charge in [-0.15, -0.1) is 12.4 Å². The summed E-state index contributed by atoms with van der Waals surface area (Å²) >= 11 is 7.72. The van der Waals surface area contributed by atoms with Gasteiger partial charge in [0.15, 0.2) is 5.82 Å². The van der Waals surface area contributed by atoms with Crippen LogP contribution in [0.3, 0.4) is 0 Å². The normalized spacial score (nSPS) is 18.7. The minimum atomic E-state index is -0.772. The van der Waals surface area contributed by atoms with Gasteiger partial charge in [0.25, 0.3) is 0 Å². The number of carbonyl (C=O) groups excluding carboxylic acids is 2. The number of ether oxygens (including phenoxy) is 1. The van der Waals surface area contributed by atoms with Gasteiger partial charge in [-0.05, 0) is 25.0 Å². The van der Waals surface area contributed by atoms with E-state index in [1.165, 1.54) is 30.8 Å². The molecule has 1 spiro atoms. The number of likely N-dealkylation sites (N-methyl/N-ethyl adjacent to an activating group) is 1. The summed E-state index contributed by atoms with van der Waals surface area (Å²) in [7, 11) is 3.00. The summed E-state index contributed by atoms with van der Waals surface area (Å²) in [6.07, 6.45) is 3.59. The van der Waals surface area contributed by atoms with Gasteiger partial charge in [0, 0.05) is 43.5 Å². The second-order valence-corrected chi connectivity index (χ2v) is 10.2. The molecular weight excluding hydrogens is 513 g/mol. The number of hydrogen-bond acceptors (Lipinski definition) is 9. The van der Waals surface area contributed by atoms with E-state index in [1.54, 1.807) is 24.4 Å². The van der Waals surface area contributed by atoms with Crippen LogP contribution < -0.4 is 21.7 Å². The quantitative estimate of drug-likeness (QED) is 0.497. The largest absolute Gasteiger partial charge is 0.381 e. The molecule has 2 aromatic rings. The zero-order valence-electron chi connectivity index (χ0n) is 19.5. The lowest BCUT2D eigenvalue weighted by Crippen LogP contribution is -2.49. The highest BCUT2D eigenvalue weighted by Gasteiger charge is 2.44. The van der Waals surface area contributed by atoms with Crippen LogP contribution in [0.25, 0.3) is 0 Å². The van der Waals surface area contributed by atoms with Gasteiger partial charge in [-0.3, -0.25) is 9.59 Å². The van der Waals surface area contributed by atoms with Crippen LogP contribution in [0, 0.1) is 5.41 Å². The summed E-state index contributed by atoms with van der Waals surface area (Å²) in [6, 6.07) is 5.21. The average Bonchev–Trinajstić information content (AvgIpc) is 3.16. The van der Waals surface area contributed by atoms with Gasteiger partial charge < -0.3 is 31.3 Å². The third-order valence-electron chi connectivity index (χ3n) is 6.33. The number of anilines is 3. The lowest BCUT2D eigenvalue weighted by atomic mass is 9.75. The molecule has 10 nitrogen and oxygen atoms in total. The summed E-state index contributed by atoms with van der Waals surface area (Å²) in [5.74, 6) is -0.437. The zero-order chi connectivity index (χ0) is 24.5. The number of hydrogen-bond donors (Lipinski definition) is 3. The van der Waals surface area contributed by atoms with Gasteiger partial charge in [-0.25, -0.2) is 9.97 Å². The molecule has 0 aliphatic carbocycles. The molecule has 1 aromatic carbocycles. The van der Waals surface area contributed by atoms with Crippen molar-refractivity contribution in [2.24, 2.45) is 11.1 Å². The number of nitrogens with one attached hydrogen (secondary N) is 1. The molecule has 4 rings (SSSR count). The van der Waals surface area contributed by atoms with Crippen LogP contribution >= 0.6 is 35.8 Å². The van der Waals surface area contributed by atoms with Crippen LogP contribution in [0.5, 0.6) is 0 Å². The van der Waals surface area contributed by atoms with Gasteiger partial charge in [-0.2, -0.15) is 0 Å². The highest BCUT2D eigenvalue weighted by Crippen LogP contribution is 2.41. The molecule has 5 N–H and O–H groups in total. The van der Waals surface area contributed by atoms with Crippen LogP contribution in [-0.4, -0.2) is 73.1 Å². The third kappa shape index (κ3) is 5.75. The Kier molecular flexibility index (Phi) is 8.71. The predicted molar refractivity (Wildman–Crippen MR) is 139 cm³/mol. The Balaban J connectivity index is 0.00000342. The Bertz CT molecular complexity index is 1100. The molecule has 1 aromatic heterocycles. The standard InChI is InChI=1S/C22H28ClN7O3S.ClH/c1-29(2)21(32)19(31)27-13-4-3-5-14(17(13)23)34-20-18(25)28-16(10-26-20)30-8-6-22(7-9-30)12-33-11-15(22)24;/h3-5,10,15H,6-9,11-12,24H2,1-2H3,(H2,25,28)(H,27,31);1H/t15-;/m1./s1. The molecule has 2 aliphatic rings. The monoisotopic (exact) mass is 541 g/mol. The Hall–Kier alpha value is -2.31. The first kappa shape index (κ1) is 27.3. The first-order chi connectivity index (χ1) is 16.2. The Morgan fingerprint density at radius 3 is 2.63 bits per heavy atom. The fourth-order valence-corrected chi connectivity index (χ4v) is 5.25. The van der Waals surface area contributed by atoms with E-state index < -0.39 is 11.8 Å². The first-order valence-electron chi connectivity index (χ1n) is 10.9. The number of benzene rings is 1. The molecule has 0 bridgehead atoms. The van der Waals surface area contributed by atoms with E-state index in [-0.39, 0.29) is 34.7 Å². The maximum atomic E-state index is 12.1. The molecule has 2 amide bonds. The van der Waals surface area contributed by atoms with E-state index in [2.05, 4.69) is 20.2 Å². The Labute approximate surface area is 219 Å². The van der Waals surface area contributed by atoms with Gasteiger partial charge >= 0.3 is 11.8 Å². The van der Waals surface area contributed by atoms with Crippen molar-refractivity contribution in [3.8, 4) is 0 Å². The fraction of sp³-hybridized carbons (Fsp3) is 0.455. The van der Waals surface area contributed by atoms with E-state index >= 15 is 0 Å². The highest BCUT2D eigenvalue weighted by molar-refractivity contribution is 7.99. The number of nitrogens with two attached hydrogens (primary N) is 2. The van der Waals surface area contributed by atoms with Crippen LogP contribution in [-0.2, 0) is 14.3 Å². The minimum Gasteiger partial charge on any atom is -0.381 e. The Morgan fingerprint density at radius 1 is 1.31 bits per heavy atom. The number of nitrogens with zero attached hydrogens (tertiary/aromatic N) is 4. The van der Waals surface area contributed by atoms with Gasteiger partial charge in [0.2, 0.25) is 0 Å². The SMILES string of the molecule is CN(C)C(=O)C(=O)Nc1cccc(Sc2ncc(N3CCC4(CC3)COC[C@H]4N)nc2N)c1Cl.Cl. The summed E-state index contributed by atoms with van der Waals surface area (Å²) in [5, 5.41) is 3.33. The second-order valence-electron chi connectivity index (χ2n) is 8.76. The van der Waals surface area contributed by atoms with Crippen molar-refractivity contribution in [2.45, 2.75) is 28.8 Å². The van der Waals surface area contributed by atoms with Gasteiger partial charge in [0.1, 0.15) is 10.8 Å². The molecule has 190 valence electrons. The topological polar surface area (TPSA) is 140 Å². The van der Waals surface area contributed by atoms with Crippen molar-refractivity contribution >= 4 is 64.9 Å². The van der Waals surface area contributed by atoms with Crippen LogP contribution in [0.15, 0.2) is 34.3 Å². The maximum Gasteiger partial charge on any atom is 0.313 e. The number of halogens is 2. The predicted octanol–water partition coefficient (Wildman–Crippen LogP) is 2.26. The van der Waals surface area contributed by atoms with Crippen LogP contribution in [0.1, 0.15) is 12.8 Å². The number of amides is 2. The van der Waals surface area contributed by atoms with E-state index in [9.17, 15) is 9.59 Å². The van der Waals surface area contributed by atoms with Crippen molar-refractivity contribution in [1.82, 2.24) is 14.9 Å². The van der Waals surface area contributed by atoms with Crippen LogP contribution in [0.2, 0.25) is 5.02 Å². The van der Waals surface area contributed by atoms with Gasteiger partial charge in [0.05, 0.1) is 30.1 Å². The molecule has 2 fully saturated rings. The van der Waals surface area contributed by atoms with Crippen molar-refractivity contribution in [3.63, 3.8) is 0 Å². The van der Waals surface area contributed by atoms with E-state index in [1.807, 2.05) is 0 Å². The number of carbonyl (C=O) groups is 2. The number of rotatable bonds is 4. The molecule has 2 saturated heterocycles. The molecule has 35 heavy (non-hydrogen) atoms. The summed E-state index contributed by atoms with van der Waals surface area (Å²) < 4.78 is 5.60. The molecule has 3 heterocycles. The third-order valence-corrected chi connectivity index (χ3v) is 7.91. The molecule has 2 aliphatic heterocycles.